The van der Waals surface area contributed by atoms with Gasteiger partial charge in [0.2, 0.25) is 11.8 Å². The molecule has 7 heteroatoms. The molecular weight excluding hydrogens is 394 g/mol. The number of unbranched alkanes of at least 4 members (excludes halogenated alkanes) is 1. The zero-order valence-corrected chi connectivity index (χ0v) is 19.1. The Morgan fingerprint density at radius 3 is 2.61 bits per heavy atom. The molecule has 1 heterocycles. The fraction of sp³-hybridized carbons (Fsp3) is 0.625. The van der Waals surface area contributed by atoms with Crippen LogP contribution < -0.4 is 10.6 Å². The topological polar surface area (TPSA) is 87.7 Å². The van der Waals surface area contributed by atoms with Gasteiger partial charge in [-0.05, 0) is 30.7 Å². The molecule has 1 aliphatic rings. The molecule has 2 rings (SSSR count). The summed E-state index contributed by atoms with van der Waals surface area (Å²) >= 11 is 0. The molecule has 0 bridgehead atoms. The first kappa shape index (κ1) is 24.7. The average Bonchev–Trinajstić information content (AvgIpc) is 2.81. The monoisotopic (exact) mass is 431 g/mol. The van der Waals surface area contributed by atoms with Crippen molar-refractivity contribution < 1.29 is 19.1 Å². The van der Waals surface area contributed by atoms with Crippen LogP contribution in [0.1, 0.15) is 58.4 Å². The van der Waals surface area contributed by atoms with E-state index in [9.17, 15) is 14.4 Å². The molecule has 31 heavy (non-hydrogen) atoms. The Balaban J connectivity index is 1.94. The van der Waals surface area contributed by atoms with Crippen molar-refractivity contribution in [1.82, 2.24) is 15.5 Å². The van der Waals surface area contributed by atoms with E-state index in [4.69, 9.17) is 4.74 Å². The van der Waals surface area contributed by atoms with E-state index in [2.05, 4.69) is 17.6 Å². The number of carbonyl (C=O) groups excluding carboxylic acids is 3. The first-order valence-electron chi connectivity index (χ1n) is 11.5. The number of nitrogens with one attached hydrogen (secondary N) is 2. The molecule has 0 saturated carbocycles. The summed E-state index contributed by atoms with van der Waals surface area (Å²) in [4.78, 5) is 39.8. The molecule has 7 nitrogen and oxygen atoms in total. The normalized spacial score (nSPS) is 18.0. The highest BCUT2D eigenvalue weighted by molar-refractivity contribution is 5.87. The van der Waals surface area contributed by atoms with Gasteiger partial charge in [0, 0.05) is 19.6 Å². The van der Waals surface area contributed by atoms with Gasteiger partial charge in [-0.2, -0.15) is 0 Å². The van der Waals surface area contributed by atoms with Gasteiger partial charge in [-0.15, -0.1) is 0 Å². The van der Waals surface area contributed by atoms with Gasteiger partial charge < -0.3 is 20.3 Å². The first-order chi connectivity index (χ1) is 15.0. The molecule has 3 amide bonds. The van der Waals surface area contributed by atoms with Crippen LogP contribution in [0.15, 0.2) is 30.3 Å². The average molecular weight is 432 g/mol. The smallest absolute Gasteiger partial charge is 0.408 e. The third-order valence-corrected chi connectivity index (χ3v) is 5.90. The molecule has 1 aromatic carbocycles. The number of benzene rings is 1. The Morgan fingerprint density at radius 2 is 1.94 bits per heavy atom. The maximum Gasteiger partial charge on any atom is 0.408 e. The molecule has 3 atom stereocenters. The maximum atomic E-state index is 13.3. The number of amides is 3. The van der Waals surface area contributed by atoms with E-state index < -0.39 is 12.1 Å². The molecule has 1 saturated heterocycles. The minimum Gasteiger partial charge on any atom is -0.445 e. The summed E-state index contributed by atoms with van der Waals surface area (Å²) in [6.45, 7) is 7.83. The Bertz CT molecular complexity index is 710. The number of likely N-dealkylation sites (tertiary alicyclic amines) is 1. The fourth-order valence-corrected chi connectivity index (χ4v) is 3.70. The first-order valence-corrected chi connectivity index (χ1v) is 11.5. The van der Waals surface area contributed by atoms with Crippen LogP contribution in [0, 0.1) is 11.8 Å². The van der Waals surface area contributed by atoms with Crippen LogP contribution in [0.25, 0.3) is 0 Å². The predicted molar refractivity (Wildman–Crippen MR) is 120 cm³/mol. The molecule has 172 valence electrons. The summed E-state index contributed by atoms with van der Waals surface area (Å²) in [6, 6.07) is 8.75. The molecule has 0 spiro atoms. The van der Waals surface area contributed by atoms with E-state index in [-0.39, 0.29) is 30.3 Å². The third kappa shape index (κ3) is 7.89. The number of hydrogen-bond donors (Lipinski definition) is 2. The molecule has 2 N–H and O–H groups in total. The zero-order chi connectivity index (χ0) is 22.6. The van der Waals surface area contributed by atoms with Crippen molar-refractivity contribution in [2.24, 2.45) is 11.8 Å². The SMILES string of the molecule is CCCCNC(=O)C1CCCN(C(=O)[C@@H](NC(=O)OCc2ccccc2)[C@@H](C)CC)C1. The third-order valence-electron chi connectivity index (χ3n) is 5.90. The minimum absolute atomic E-state index is 0.0151. The van der Waals surface area contributed by atoms with Crippen LogP contribution in [0.2, 0.25) is 0 Å². The van der Waals surface area contributed by atoms with Gasteiger partial charge in [-0.1, -0.05) is 63.9 Å². The molecule has 1 fully saturated rings. The van der Waals surface area contributed by atoms with E-state index in [1.54, 1.807) is 4.90 Å². The van der Waals surface area contributed by atoms with Crippen LogP contribution in [0.3, 0.4) is 0 Å². The lowest BCUT2D eigenvalue weighted by Crippen LogP contribution is -2.55. The molecule has 1 unspecified atom stereocenters. The number of piperidine rings is 1. The molecule has 1 aliphatic heterocycles. The van der Waals surface area contributed by atoms with Gasteiger partial charge in [0.05, 0.1) is 5.92 Å². The standard InChI is InChI=1S/C24H37N3O4/c1-4-6-14-25-22(28)20-13-10-15-27(16-20)23(29)21(18(3)5-2)26-24(30)31-17-19-11-8-7-9-12-19/h7-9,11-12,18,20-21H,4-6,10,13-17H2,1-3H3,(H,25,28)(H,26,30)/t18-,20?,21-/m0/s1. The largest absolute Gasteiger partial charge is 0.445 e. The Hall–Kier alpha value is -2.57. The van der Waals surface area contributed by atoms with Gasteiger partial charge >= 0.3 is 6.09 Å². The van der Waals surface area contributed by atoms with E-state index in [0.717, 1.165) is 37.7 Å². The van der Waals surface area contributed by atoms with Gasteiger partial charge in [0.1, 0.15) is 12.6 Å². The zero-order valence-electron chi connectivity index (χ0n) is 19.1. The van der Waals surface area contributed by atoms with Crippen molar-refractivity contribution in [1.29, 1.82) is 0 Å². The molecule has 1 aromatic rings. The summed E-state index contributed by atoms with van der Waals surface area (Å²) in [6.07, 6.45) is 3.67. The summed E-state index contributed by atoms with van der Waals surface area (Å²) in [5, 5.41) is 5.74. The number of hydrogen-bond acceptors (Lipinski definition) is 4. The van der Waals surface area contributed by atoms with Gasteiger partial charge in [0.15, 0.2) is 0 Å². The van der Waals surface area contributed by atoms with Crippen LogP contribution in [-0.2, 0) is 20.9 Å². The fourth-order valence-electron chi connectivity index (χ4n) is 3.70. The van der Waals surface area contributed by atoms with E-state index >= 15 is 0 Å². The molecule has 0 aliphatic carbocycles. The van der Waals surface area contributed by atoms with Crippen LogP contribution >= 0.6 is 0 Å². The summed E-state index contributed by atoms with van der Waals surface area (Å²) in [5.41, 5.74) is 0.886. The second-order valence-electron chi connectivity index (χ2n) is 8.34. The van der Waals surface area contributed by atoms with Gasteiger partial charge in [-0.25, -0.2) is 4.79 Å². The van der Waals surface area contributed by atoms with Crippen molar-refractivity contribution in [3.8, 4) is 0 Å². The Morgan fingerprint density at radius 1 is 1.19 bits per heavy atom. The second kappa shape index (κ2) is 13.0. The van der Waals surface area contributed by atoms with E-state index in [0.29, 0.717) is 19.6 Å². The van der Waals surface area contributed by atoms with Crippen molar-refractivity contribution in [3.05, 3.63) is 35.9 Å². The van der Waals surface area contributed by atoms with Gasteiger partial charge in [0.25, 0.3) is 0 Å². The number of carbonyl (C=O) groups is 3. The predicted octanol–water partition coefficient (Wildman–Crippen LogP) is 3.48. The van der Waals surface area contributed by atoms with E-state index in [1.165, 1.54) is 0 Å². The minimum atomic E-state index is -0.671. The number of rotatable bonds is 10. The number of nitrogens with zero attached hydrogens (tertiary/aromatic N) is 1. The van der Waals surface area contributed by atoms with Crippen LogP contribution in [0.4, 0.5) is 4.79 Å². The molecular formula is C24H37N3O4. The lowest BCUT2D eigenvalue weighted by molar-refractivity contribution is -0.138. The summed E-state index contributed by atoms with van der Waals surface area (Å²) in [5.74, 6) is -0.369. The van der Waals surface area contributed by atoms with Crippen LogP contribution in [0.5, 0.6) is 0 Å². The van der Waals surface area contributed by atoms with E-state index in [1.807, 2.05) is 44.2 Å². The highest BCUT2D eigenvalue weighted by Gasteiger charge is 2.34. The molecule has 0 radical (unpaired) electrons. The highest BCUT2D eigenvalue weighted by atomic mass is 16.5. The lowest BCUT2D eigenvalue weighted by atomic mass is 9.93. The maximum absolute atomic E-state index is 13.3. The Kier molecular flexibility index (Phi) is 10.3. The number of alkyl carbamates (subject to hydrolysis) is 1. The Labute approximate surface area is 185 Å². The van der Waals surface area contributed by atoms with Crippen molar-refractivity contribution in [2.45, 2.75) is 65.5 Å². The highest BCUT2D eigenvalue weighted by Crippen LogP contribution is 2.20. The van der Waals surface area contributed by atoms with Crippen molar-refractivity contribution in [2.75, 3.05) is 19.6 Å². The summed E-state index contributed by atoms with van der Waals surface area (Å²) < 4.78 is 5.32. The number of ether oxygens (including phenoxy) is 1. The summed E-state index contributed by atoms with van der Waals surface area (Å²) in [7, 11) is 0. The molecule has 0 aromatic heterocycles. The quantitative estimate of drug-likeness (QED) is 0.555. The lowest BCUT2D eigenvalue weighted by Gasteiger charge is -2.35. The van der Waals surface area contributed by atoms with Gasteiger partial charge in [-0.3, -0.25) is 9.59 Å². The van der Waals surface area contributed by atoms with Crippen LogP contribution in [-0.4, -0.2) is 48.5 Å². The van der Waals surface area contributed by atoms with Crippen molar-refractivity contribution >= 4 is 17.9 Å². The second-order valence-corrected chi connectivity index (χ2v) is 8.34. The van der Waals surface area contributed by atoms with Crippen molar-refractivity contribution in [3.63, 3.8) is 0 Å².